The van der Waals surface area contributed by atoms with E-state index in [0.29, 0.717) is 12.8 Å². The van der Waals surface area contributed by atoms with Crippen molar-refractivity contribution in [1.82, 2.24) is 0 Å². The highest BCUT2D eigenvalue weighted by atomic mass is 32.1. The Hall–Kier alpha value is -1.18. The van der Waals surface area contributed by atoms with Gasteiger partial charge >= 0.3 is 5.97 Å². The molecule has 2 N–H and O–H groups in total. The molecule has 1 aromatic carbocycles. The van der Waals surface area contributed by atoms with Crippen LogP contribution in [0, 0.1) is 0 Å². The lowest BCUT2D eigenvalue weighted by molar-refractivity contribution is -0.228. The summed E-state index contributed by atoms with van der Waals surface area (Å²) < 4.78 is 30.5. The zero-order chi connectivity index (χ0) is 32.4. The number of aliphatic carboxylic acids is 1. The minimum atomic E-state index is -2.51. The monoisotopic (exact) mass is 642 g/mol. The predicted molar refractivity (Wildman–Crippen MR) is 179 cm³/mol. The molecule has 0 aliphatic rings. The Morgan fingerprint density at radius 2 is 1.44 bits per heavy atom. The molecule has 1 aromatic rings. The van der Waals surface area contributed by atoms with Crippen molar-refractivity contribution in [2.24, 2.45) is 0 Å². The number of aliphatic hydroxyl groups excluding tert-OH is 1. The molecule has 0 saturated carbocycles. The SMILES string of the molecule is CCCCCCCCC(S)(CC(CCCCCCC)Oc1ccc(C(C)(C)C)cc1)OC(P=O)(C(=O)O)C(O)OCCC. The molecular weight excluding hydrogens is 583 g/mol. The summed E-state index contributed by atoms with van der Waals surface area (Å²) in [5.41, 5.74) is 1.22. The normalized spacial score (nSPS) is 16.4. The summed E-state index contributed by atoms with van der Waals surface area (Å²) >= 11 is 4.95. The summed E-state index contributed by atoms with van der Waals surface area (Å²) in [4.78, 5) is 11.2. The number of carbonyl (C=O) groups is 1. The molecule has 0 spiro atoms. The van der Waals surface area contributed by atoms with E-state index in [4.69, 9.17) is 26.8 Å². The van der Waals surface area contributed by atoms with Gasteiger partial charge in [-0.15, -0.1) is 12.6 Å². The first kappa shape index (κ1) is 39.8. The molecule has 0 amide bonds. The van der Waals surface area contributed by atoms with Gasteiger partial charge in [0.25, 0.3) is 5.34 Å². The molecule has 4 atom stereocenters. The maximum absolute atomic E-state index is 12.5. The Labute approximate surface area is 268 Å². The summed E-state index contributed by atoms with van der Waals surface area (Å²) in [5, 5.41) is 18.4. The fourth-order valence-corrected chi connectivity index (χ4v) is 6.10. The van der Waals surface area contributed by atoms with Gasteiger partial charge in [-0.3, -0.25) is 4.57 Å². The zero-order valence-electron chi connectivity index (χ0n) is 27.6. The Morgan fingerprint density at radius 1 is 0.884 bits per heavy atom. The van der Waals surface area contributed by atoms with Crippen LogP contribution in [0.1, 0.15) is 143 Å². The number of unbranched alkanes of at least 4 members (excludes halogenated alkanes) is 9. The third-order valence-corrected chi connectivity index (χ3v) is 8.99. The Balaban J connectivity index is 3.32. The van der Waals surface area contributed by atoms with Gasteiger partial charge < -0.3 is 24.4 Å². The van der Waals surface area contributed by atoms with Gasteiger partial charge in [-0.25, -0.2) is 4.79 Å². The van der Waals surface area contributed by atoms with Crippen molar-refractivity contribution >= 4 is 27.1 Å². The van der Waals surface area contributed by atoms with Gasteiger partial charge in [0, 0.05) is 13.0 Å². The molecule has 0 heterocycles. The third-order valence-electron chi connectivity index (χ3n) is 7.72. The van der Waals surface area contributed by atoms with Crippen molar-refractivity contribution < 1.29 is 33.8 Å². The van der Waals surface area contributed by atoms with Crippen LogP contribution >= 0.6 is 21.1 Å². The maximum atomic E-state index is 12.5. The molecule has 43 heavy (non-hydrogen) atoms. The van der Waals surface area contributed by atoms with Crippen molar-refractivity contribution in [3.05, 3.63) is 29.8 Å². The number of rotatable bonds is 25. The molecule has 0 bridgehead atoms. The number of thiol groups is 1. The summed E-state index contributed by atoms with van der Waals surface area (Å²) in [6, 6.07) is 8.09. The Morgan fingerprint density at radius 3 is 1.95 bits per heavy atom. The van der Waals surface area contributed by atoms with E-state index in [1.54, 1.807) is 0 Å². The van der Waals surface area contributed by atoms with Crippen LogP contribution < -0.4 is 4.74 Å². The molecule has 7 nitrogen and oxygen atoms in total. The quantitative estimate of drug-likeness (QED) is 0.0422. The second kappa shape index (κ2) is 20.8. The van der Waals surface area contributed by atoms with E-state index < -0.39 is 31.0 Å². The molecule has 1 rings (SSSR count). The molecular formula is C34H59O7PS. The van der Waals surface area contributed by atoms with Crippen molar-refractivity contribution in [2.45, 2.75) is 166 Å². The van der Waals surface area contributed by atoms with E-state index in [1.165, 1.54) is 18.4 Å². The van der Waals surface area contributed by atoms with E-state index in [9.17, 15) is 19.6 Å². The highest BCUT2D eigenvalue weighted by Gasteiger charge is 2.54. The topological polar surface area (TPSA) is 102 Å². The Kier molecular flexibility index (Phi) is 19.2. The number of hydrogen-bond donors (Lipinski definition) is 3. The first-order valence-electron chi connectivity index (χ1n) is 16.4. The van der Waals surface area contributed by atoms with Crippen LogP contribution in [0.4, 0.5) is 0 Å². The second-order valence-electron chi connectivity index (χ2n) is 12.8. The van der Waals surface area contributed by atoms with Crippen LogP contribution in [0.15, 0.2) is 24.3 Å². The minimum Gasteiger partial charge on any atom is -0.490 e. The lowest BCUT2D eigenvalue weighted by Gasteiger charge is -2.39. The average Bonchev–Trinajstić information content (AvgIpc) is 2.96. The number of benzene rings is 1. The highest BCUT2D eigenvalue weighted by molar-refractivity contribution is 7.81. The zero-order valence-corrected chi connectivity index (χ0v) is 29.4. The fraction of sp³-hybridized carbons (Fsp3) is 0.794. The standard InChI is InChI=1S/C34H59O7PS/c1-7-10-12-14-16-18-24-33(43,41-34(42-38,30(35)36)31(37)39-25-9-3)26-29(19-17-15-13-11-8-2)40-28-22-20-27(21-23-28)32(4,5)6/h20-23,29,31,37,43H,7-19,24-26H2,1-6H3,(H,35,36). The van der Waals surface area contributed by atoms with Gasteiger partial charge in [0.1, 0.15) is 16.8 Å². The minimum absolute atomic E-state index is 0.0147. The maximum Gasteiger partial charge on any atom is 0.353 e. The van der Waals surface area contributed by atoms with Crippen LogP contribution in [-0.4, -0.2) is 45.5 Å². The van der Waals surface area contributed by atoms with Gasteiger partial charge in [0.15, 0.2) is 0 Å². The first-order valence-corrected chi connectivity index (χ1v) is 17.7. The fourth-order valence-electron chi connectivity index (χ4n) is 5.07. The number of ether oxygens (including phenoxy) is 3. The van der Waals surface area contributed by atoms with Gasteiger partial charge in [-0.1, -0.05) is 111 Å². The lowest BCUT2D eigenvalue weighted by Crippen LogP contribution is -2.53. The molecule has 9 heteroatoms. The van der Waals surface area contributed by atoms with Crippen molar-refractivity contribution in [1.29, 1.82) is 0 Å². The van der Waals surface area contributed by atoms with Gasteiger partial charge in [0.05, 0.1) is 0 Å². The Bertz CT molecular complexity index is 907. The van der Waals surface area contributed by atoms with Gasteiger partial charge in [-0.05, 0) is 55.2 Å². The largest absolute Gasteiger partial charge is 0.490 e. The van der Waals surface area contributed by atoms with Gasteiger partial charge in [0.2, 0.25) is 14.8 Å². The molecule has 0 saturated heterocycles. The molecule has 0 aromatic heterocycles. The van der Waals surface area contributed by atoms with Crippen LogP contribution in [0.2, 0.25) is 0 Å². The highest BCUT2D eigenvalue weighted by Crippen LogP contribution is 2.42. The van der Waals surface area contributed by atoms with E-state index in [2.05, 4.69) is 46.8 Å². The summed E-state index contributed by atoms with van der Waals surface area (Å²) in [6.07, 6.45) is 11.3. The molecule has 0 radical (unpaired) electrons. The number of carboxylic acids is 1. The van der Waals surface area contributed by atoms with E-state index in [0.717, 1.165) is 70.0 Å². The predicted octanol–water partition coefficient (Wildman–Crippen LogP) is 9.69. The molecule has 0 aliphatic heterocycles. The molecule has 248 valence electrons. The molecule has 0 aliphatic carbocycles. The average molecular weight is 643 g/mol. The van der Waals surface area contributed by atoms with Crippen molar-refractivity contribution in [3.63, 3.8) is 0 Å². The molecule has 0 fully saturated rings. The second-order valence-corrected chi connectivity index (χ2v) is 14.5. The number of aliphatic hydroxyl groups is 1. The van der Waals surface area contributed by atoms with E-state index in [1.807, 2.05) is 19.1 Å². The number of hydrogen-bond acceptors (Lipinski definition) is 7. The van der Waals surface area contributed by atoms with Gasteiger partial charge in [-0.2, -0.15) is 0 Å². The lowest BCUT2D eigenvalue weighted by atomic mass is 9.87. The first-order chi connectivity index (χ1) is 20.4. The summed E-state index contributed by atoms with van der Waals surface area (Å²) in [5.74, 6) is -0.844. The summed E-state index contributed by atoms with van der Waals surface area (Å²) in [7, 11) is -0.908. The van der Waals surface area contributed by atoms with E-state index >= 15 is 0 Å². The molecule has 4 unspecified atom stereocenters. The summed E-state index contributed by atoms with van der Waals surface area (Å²) in [6.45, 7) is 12.8. The van der Waals surface area contributed by atoms with Crippen LogP contribution in [-0.2, 0) is 24.2 Å². The van der Waals surface area contributed by atoms with Crippen LogP contribution in [0.25, 0.3) is 0 Å². The van der Waals surface area contributed by atoms with Crippen LogP contribution in [0.5, 0.6) is 5.75 Å². The van der Waals surface area contributed by atoms with E-state index in [-0.39, 0.29) is 24.5 Å². The van der Waals surface area contributed by atoms with Crippen LogP contribution in [0.3, 0.4) is 0 Å². The van der Waals surface area contributed by atoms with Crippen molar-refractivity contribution in [3.8, 4) is 5.75 Å². The van der Waals surface area contributed by atoms with Crippen molar-refractivity contribution in [2.75, 3.05) is 6.61 Å². The third kappa shape index (κ3) is 14.6. The number of carboxylic acid groups (broad SMARTS) is 1. The smallest absolute Gasteiger partial charge is 0.353 e.